The summed E-state index contributed by atoms with van der Waals surface area (Å²) in [5.74, 6) is 0.777. The second-order valence-corrected chi connectivity index (χ2v) is 8.48. The molecule has 37 heavy (non-hydrogen) atoms. The lowest BCUT2D eigenvalue weighted by atomic mass is 9.98. The van der Waals surface area contributed by atoms with Crippen LogP contribution in [0.3, 0.4) is 0 Å². The number of amides is 1. The summed E-state index contributed by atoms with van der Waals surface area (Å²) in [4.78, 5) is 16.5. The minimum absolute atomic E-state index is 0.00494. The average Bonchev–Trinajstić information content (AvgIpc) is 3.33. The maximum atomic E-state index is 12.5. The van der Waals surface area contributed by atoms with Crippen molar-refractivity contribution in [2.75, 3.05) is 13.7 Å². The topological polar surface area (TPSA) is 73.2 Å². The number of pyridine rings is 1. The number of carbonyl (C=O) groups is 1. The van der Waals surface area contributed by atoms with E-state index in [4.69, 9.17) is 14.2 Å². The Balaban J connectivity index is 1.50. The quantitative estimate of drug-likeness (QED) is 0.391. The zero-order valence-electron chi connectivity index (χ0n) is 20.6. The molecule has 1 aromatic heterocycles. The molecular weight excluding hydrogens is 487 g/mol. The van der Waals surface area contributed by atoms with Crippen molar-refractivity contribution in [1.29, 1.82) is 0 Å². The number of methoxy groups -OCH3 is 1. The van der Waals surface area contributed by atoms with Crippen LogP contribution in [0.5, 0.6) is 17.2 Å². The summed E-state index contributed by atoms with van der Waals surface area (Å²) in [5, 5.41) is 6.03. The van der Waals surface area contributed by atoms with Crippen LogP contribution in [0.2, 0.25) is 0 Å². The standard InChI is InChI=1S/C27H26F3N3O4/c1-17-22(31-12-11-24(17)37-16-27(28,29)30)15-36-25-10-9-20(13-26(25)35-3)23-14-21(32-33(23)18(2)34)19-7-5-4-6-8-19/h4-13,23H,14-16H2,1-3H3. The fourth-order valence-corrected chi connectivity index (χ4v) is 4.04. The zero-order valence-corrected chi connectivity index (χ0v) is 20.6. The van der Waals surface area contributed by atoms with Crippen LogP contribution in [0, 0.1) is 6.92 Å². The summed E-state index contributed by atoms with van der Waals surface area (Å²) >= 11 is 0. The number of carbonyl (C=O) groups excluding carboxylic acids is 1. The summed E-state index contributed by atoms with van der Waals surface area (Å²) in [7, 11) is 1.50. The van der Waals surface area contributed by atoms with Gasteiger partial charge in [-0.25, -0.2) is 5.01 Å². The Kier molecular flexibility index (Phi) is 7.66. The predicted molar refractivity (Wildman–Crippen MR) is 131 cm³/mol. The fraction of sp³-hybridized carbons (Fsp3) is 0.296. The normalized spacial score (nSPS) is 15.4. The van der Waals surface area contributed by atoms with Gasteiger partial charge in [-0.05, 0) is 36.2 Å². The number of ether oxygens (including phenoxy) is 3. The molecule has 0 spiro atoms. The number of rotatable bonds is 8. The number of hydrogen-bond acceptors (Lipinski definition) is 6. The van der Waals surface area contributed by atoms with Crippen molar-refractivity contribution in [3.63, 3.8) is 0 Å². The molecule has 0 saturated carbocycles. The van der Waals surface area contributed by atoms with Crippen molar-refractivity contribution in [3.05, 3.63) is 83.2 Å². The average molecular weight is 514 g/mol. The van der Waals surface area contributed by atoms with E-state index in [1.54, 1.807) is 19.1 Å². The lowest BCUT2D eigenvalue weighted by molar-refractivity contribution is -0.153. The van der Waals surface area contributed by atoms with Crippen molar-refractivity contribution < 1.29 is 32.2 Å². The largest absolute Gasteiger partial charge is 0.493 e. The number of hydrazone groups is 1. The molecule has 194 valence electrons. The first kappa shape index (κ1) is 26.0. The van der Waals surface area contributed by atoms with Crippen molar-refractivity contribution >= 4 is 11.6 Å². The van der Waals surface area contributed by atoms with Crippen LogP contribution in [0.15, 0.2) is 65.9 Å². The van der Waals surface area contributed by atoms with E-state index < -0.39 is 12.8 Å². The van der Waals surface area contributed by atoms with Gasteiger partial charge in [-0.3, -0.25) is 9.78 Å². The van der Waals surface area contributed by atoms with E-state index in [2.05, 4.69) is 10.1 Å². The van der Waals surface area contributed by atoms with Gasteiger partial charge in [-0.2, -0.15) is 18.3 Å². The highest BCUT2D eigenvalue weighted by Crippen LogP contribution is 2.38. The molecule has 2 aromatic carbocycles. The molecule has 0 aliphatic carbocycles. The van der Waals surface area contributed by atoms with E-state index in [0.717, 1.165) is 16.8 Å². The Hall–Kier alpha value is -4.08. The van der Waals surface area contributed by atoms with Crippen LogP contribution in [-0.4, -0.2) is 41.5 Å². The first-order valence-electron chi connectivity index (χ1n) is 11.5. The first-order valence-corrected chi connectivity index (χ1v) is 11.5. The molecule has 0 N–H and O–H groups in total. The van der Waals surface area contributed by atoms with Crippen LogP contribution < -0.4 is 14.2 Å². The predicted octanol–water partition coefficient (Wildman–Crippen LogP) is 5.62. The number of hydrogen-bond donors (Lipinski definition) is 0. The van der Waals surface area contributed by atoms with Gasteiger partial charge in [0.25, 0.3) is 0 Å². The number of halogens is 3. The van der Waals surface area contributed by atoms with Gasteiger partial charge < -0.3 is 14.2 Å². The van der Waals surface area contributed by atoms with Gasteiger partial charge >= 0.3 is 6.18 Å². The molecule has 1 atom stereocenters. The van der Waals surface area contributed by atoms with E-state index in [9.17, 15) is 18.0 Å². The fourth-order valence-electron chi connectivity index (χ4n) is 4.04. The molecule has 0 bridgehead atoms. The van der Waals surface area contributed by atoms with E-state index in [1.165, 1.54) is 31.3 Å². The summed E-state index contributed by atoms with van der Waals surface area (Å²) in [6.07, 6.45) is -2.52. The van der Waals surface area contributed by atoms with E-state index in [-0.39, 0.29) is 24.3 Å². The molecule has 0 fully saturated rings. The molecule has 1 aliphatic heterocycles. The first-order chi connectivity index (χ1) is 17.7. The molecule has 0 saturated heterocycles. The molecule has 1 unspecified atom stereocenters. The maximum Gasteiger partial charge on any atom is 0.422 e. The van der Waals surface area contributed by atoms with Crippen molar-refractivity contribution in [1.82, 2.24) is 9.99 Å². The molecule has 4 rings (SSSR count). The Morgan fingerprint density at radius 1 is 1.05 bits per heavy atom. The maximum absolute atomic E-state index is 12.5. The number of benzene rings is 2. The highest BCUT2D eigenvalue weighted by Gasteiger charge is 2.32. The molecule has 3 aromatic rings. The summed E-state index contributed by atoms with van der Waals surface area (Å²) in [6, 6.07) is 16.1. The minimum Gasteiger partial charge on any atom is -0.493 e. The van der Waals surface area contributed by atoms with Gasteiger partial charge in [0.2, 0.25) is 5.91 Å². The van der Waals surface area contributed by atoms with Crippen LogP contribution in [0.4, 0.5) is 13.2 Å². The highest BCUT2D eigenvalue weighted by atomic mass is 19.4. The SMILES string of the molecule is COc1cc(C2CC(c3ccccc3)=NN2C(C)=O)ccc1OCc1nccc(OCC(F)(F)F)c1C. The van der Waals surface area contributed by atoms with Gasteiger partial charge in [0.05, 0.1) is 24.6 Å². The second kappa shape index (κ2) is 10.9. The molecule has 0 radical (unpaired) electrons. The lowest BCUT2D eigenvalue weighted by Gasteiger charge is -2.22. The van der Waals surface area contributed by atoms with Gasteiger partial charge in [0, 0.05) is 25.1 Å². The summed E-state index contributed by atoms with van der Waals surface area (Å²) in [5.41, 5.74) is 3.48. The third-order valence-electron chi connectivity index (χ3n) is 5.93. The highest BCUT2D eigenvalue weighted by molar-refractivity contribution is 6.03. The molecule has 2 heterocycles. The van der Waals surface area contributed by atoms with E-state index in [1.807, 2.05) is 36.4 Å². The van der Waals surface area contributed by atoms with Crippen molar-refractivity contribution in [2.45, 2.75) is 39.1 Å². The molecule has 7 nitrogen and oxygen atoms in total. The van der Waals surface area contributed by atoms with E-state index in [0.29, 0.717) is 29.2 Å². The Morgan fingerprint density at radius 3 is 2.49 bits per heavy atom. The third kappa shape index (κ3) is 6.19. The Morgan fingerprint density at radius 2 is 1.81 bits per heavy atom. The van der Waals surface area contributed by atoms with Crippen LogP contribution in [-0.2, 0) is 11.4 Å². The molecule has 10 heteroatoms. The zero-order chi connectivity index (χ0) is 26.6. The number of aromatic nitrogens is 1. The van der Waals surface area contributed by atoms with Gasteiger partial charge in [-0.1, -0.05) is 36.4 Å². The third-order valence-corrected chi connectivity index (χ3v) is 5.93. The summed E-state index contributed by atoms with van der Waals surface area (Å²) in [6.45, 7) is 1.70. The Labute approximate surface area is 212 Å². The molecular formula is C27H26F3N3O4. The number of alkyl halides is 3. The van der Waals surface area contributed by atoms with Crippen molar-refractivity contribution in [3.8, 4) is 17.2 Å². The summed E-state index contributed by atoms with van der Waals surface area (Å²) < 4.78 is 53.9. The Bertz CT molecular complexity index is 1300. The second-order valence-electron chi connectivity index (χ2n) is 8.48. The smallest absolute Gasteiger partial charge is 0.422 e. The van der Waals surface area contributed by atoms with Crippen LogP contribution >= 0.6 is 0 Å². The van der Waals surface area contributed by atoms with Crippen LogP contribution in [0.1, 0.15) is 41.8 Å². The lowest BCUT2D eigenvalue weighted by Crippen LogP contribution is -2.24. The van der Waals surface area contributed by atoms with Crippen molar-refractivity contribution in [2.24, 2.45) is 5.10 Å². The molecule has 1 aliphatic rings. The van der Waals surface area contributed by atoms with Gasteiger partial charge in [0.15, 0.2) is 18.1 Å². The van der Waals surface area contributed by atoms with Crippen LogP contribution in [0.25, 0.3) is 0 Å². The molecule has 1 amide bonds. The van der Waals surface area contributed by atoms with Gasteiger partial charge in [0.1, 0.15) is 12.4 Å². The van der Waals surface area contributed by atoms with E-state index >= 15 is 0 Å². The van der Waals surface area contributed by atoms with Gasteiger partial charge in [-0.15, -0.1) is 0 Å². The number of nitrogens with zero attached hydrogens (tertiary/aromatic N) is 3. The monoisotopic (exact) mass is 513 g/mol. The minimum atomic E-state index is -4.44.